The van der Waals surface area contributed by atoms with E-state index in [2.05, 4.69) is 4.98 Å². The number of methoxy groups -OCH3 is 1. The lowest BCUT2D eigenvalue weighted by molar-refractivity contribution is 0.00578. The zero-order valence-electron chi connectivity index (χ0n) is 18.0. The van der Waals surface area contributed by atoms with Crippen LogP contribution in [0.3, 0.4) is 0 Å². The maximum atomic E-state index is 13.5. The highest BCUT2D eigenvalue weighted by Crippen LogP contribution is 2.38. The Balaban J connectivity index is 1.95. The number of benzene rings is 1. The van der Waals surface area contributed by atoms with E-state index in [0.717, 1.165) is 5.56 Å². The molecule has 0 saturated carbocycles. The van der Waals surface area contributed by atoms with Crippen molar-refractivity contribution in [2.24, 2.45) is 0 Å². The number of hydrogen-bond donors (Lipinski definition) is 0. The predicted octanol–water partition coefficient (Wildman–Crippen LogP) is 2.89. The standard InChI is InChI=1S/C21H25BN2O5S/c1-14-7-9-15(10-8-14)30(25,26)24-13-17(16-11-12-23-19(27-6)18(16)24)22-28-20(2,3)21(4,5)29-22/h7-13H,1-6H3. The first-order valence-corrected chi connectivity index (χ1v) is 11.1. The molecule has 3 aromatic rings. The molecule has 30 heavy (non-hydrogen) atoms. The number of pyridine rings is 1. The summed E-state index contributed by atoms with van der Waals surface area (Å²) in [5.41, 5.74) is 0.826. The van der Waals surface area contributed by atoms with E-state index < -0.39 is 28.3 Å². The molecule has 3 heterocycles. The average molecular weight is 428 g/mol. The second-order valence-corrected chi connectivity index (χ2v) is 10.3. The fraction of sp³-hybridized carbons (Fsp3) is 0.381. The molecule has 4 rings (SSSR count). The van der Waals surface area contributed by atoms with Crippen molar-refractivity contribution in [1.82, 2.24) is 8.96 Å². The van der Waals surface area contributed by atoms with Crippen LogP contribution in [0.15, 0.2) is 47.6 Å². The van der Waals surface area contributed by atoms with Crippen LogP contribution >= 0.6 is 0 Å². The van der Waals surface area contributed by atoms with E-state index in [4.69, 9.17) is 14.0 Å². The molecule has 1 aliphatic heterocycles. The lowest BCUT2D eigenvalue weighted by Crippen LogP contribution is -2.41. The molecule has 0 aliphatic carbocycles. The topological polar surface area (TPSA) is 79.7 Å². The smallest absolute Gasteiger partial charge is 0.479 e. The van der Waals surface area contributed by atoms with Crippen LogP contribution in [-0.2, 0) is 19.3 Å². The minimum atomic E-state index is -3.90. The van der Waals surface area contributed by atoms with Crippen LogP contribution in [0, 0.1) is 6.92 Å². The Hall–Kier alpha value is -2.36. The van der Waals surface area contributed by atoms with E-state index in [0.29, 0.717) is 16.4 Å². The number of ether oxygens (including phenoxy) is 1. The molecule has 0 radical (unpaired) electrons. The van der Waals surface area contributed by atoms with E-state index in [1.807, 2.05) is 34.6 Å². The zero-order chi connectivity index (χ0) is 21.9. The summed E-state index contributed by atoms with van der Waals surface area (Å²) < 4.78 is 46.0. The number of aryl methyl sites for hydroxylation is 1. The Morgan fingerprint density at radius 1 is 1.03 bits per heavy atom. The fourth-order valence-electron chi connectivity index (χ4n) is 3.46. The maximum Gasteiger partial charge on any atom is 0.497 e. The summed E-state index contributed by atoms with van der Waals surface area (Å²) in [5, 5.41) is 0.649. The van der Waals surface area contributed by atoms with Crippen molar-refractivity contribution < 1.29 is 22.5 Å². The van der Waals surface area contributed by atoms with E-state index >= 15 is 0 Å². The summed E-state index contributed by atoms with van der Waals surface area (Å²) in [6.07, 6.45) is 3.13. The quantitative estimate of drug-likeness (QED) is 0.595. The molecule has 9 heteroatoms. The number of hydrogen-bond acceptors (Lipinski definition) is 6. The third-order valence-corrected chi connectivity index (χ3v) is 7.63. The monoisotopic (exact) mass is 428 g/mol. The van der Waals surface area contributed by atoms with Crippen LogP contribution in [-0.4, -0.2) is 42.8 Å². The Bertz CT molecular complexity index is 1200. The second-order valence-electron chi connectivity index (χ2n) is 8.50. The number of rotatable bonds is 4. The van der Waals surface area contributed by atoms with Gasteiger partial charge in [0.2, 0.25) is 5.88 Å². The van der Waals surface area contributed by atoms with Crippen LogP contribution in [0.5, 0.6) is 5.88 Å². The van der Waals surface area contributed by atoms with Gasteiger partial charge >= 0.3 is 7.12 Å². The lowest BCUT2D eigenvalue weighted by atomic mass is 9.79. The Morgan fingerprint density at radius 3 is 2.20 bits per heavy atom. The predicted molar refractivity (Wildman–Crippen MR) is 116 cm³/mol. The van der Waals surface area contributed by atoms with Gasteiger partial charge < -0.3 is 14.0 Å². The van der Waals surface area contributed by atoms with Gasteiger partial charge in [0.05, 0.1) is 23.2 Å². The van der Waals surface area contributed by atoms with Crippen LogP contribution < -0.4 is 10.2 Å². The Morgan fingerprint density at radius 2 is 1.63 bits per heavy atom. The molecule has 1 aromatic carbocycles. The van der Waals surface area contributed by atoms with Crippen molar-refractivity contribution in [3.63, 3.8) is 0 Å². The Kier molecular flexibility index (Phi) is 4.76. The molecule has 0 amide bonds. The molecule has 0 spiro atoms. The first-order valence-electron chi connectivity index (χ1n) is 9.70. The highest BCUT2D eigenvalue weighted by Gasteiger charge is 2.52. The summed E-state index contributed by atoms with van der Waals surface area (Å²) in [7, 11) is -3.15. The van der Waals surface area contributed by atoms with E-state index in [1.165, 1.54) is 11.1 Å². The molecule has 0 bridgehead atoms. The highest BCUT2D eigenvalue weighted by atomic mass is 32.2. The van der Waals surface area contributed by atoms with Crippen molar-refractivity contribution >= 4 is 33.5 Å². The zero-order valence-corrected chi connectivity index (χ0v) is 18.8. The molecule has 1 saturated heterocycles. The van der Waals surface area contributed by atoms with Crippen molar-refractivity contribution in [3.05, 3.63) is 48.3 Å². The molecule has 1 fully saturated rings. The van der Waals surface area contributed by atoms with Crippen LogP contribution in [0.2, 0.25) is 0 Å². The second kappa shape index (κ2) is 6.83. The molecule has 2 aromatic heterocycles. The number of nitrogens with zero attached hydrogens (tertiary/aromatic N) is 2. The van der Waals surface area contributed by atoms with Crippen LogP contribution in [0.4, 0.5) is 0 Å². The van der Waals surface area contributed by atoms with Crippen molar-refractivity contribution in [1.29, 1.82) is 0 Å². The SMILES string of the molecule is COc1nccc2c(B3OC(C)(C)C(C)(C)O3)cn(S(=O)(=O)c3ccc(C)cc3)c12. The van der Waals surface area contributed by atoms with Crippen molar-refractivity contribution in [3.8, 4) is 5.88 Å². The van der Waals surface area contributed by atoms with Gasteiger partial charge in [-0.05, 0) is 52.8 Å². The van der Waals surface area contributed by atoms with Gasteiger partial charge in [0.1, 0.15) is 5.52 Å². The summed E-state index contributed by atoms with van der Waals surface area (Å²) in [6, 6.07) is 8.47. The van der Waals surface area contributed by atoms with Gasteiger partial charge in [0.25, 0.3) is 10.0 Å². The molecule has 1 aliphatic rings. The van der Waals surface area contributed by atoms with E-state index in [-0.39, 0.29) is 10.8 Å². The van der Waals surface area contributed by atoms with Crippen LogP contribution in [0.1, 0.15) is 33.3 Å². The molecule has 0 N–H and O–H groups in total. The summed E-state index contributed by atoms with van der Waals surface area (Å²) in [4.78, 5) is 4.39. The molecule has 0 unspecified atom stereocenters. The Labute approximate surface area is 177 Å². The molecule has 158 valence electrons. The number of fused-ring (bicyclic) bond motifs is 1. The first-order chi connectivity index (χ1) is 14.0. The average Bonchev–Trinajstić information content (AvgIpc) is 3.17. The maximum absolute atomic E-state index is 13.5. The van der Waals surface area contributed by atoms with Crippen molar-refractivity contribution in [2.45, 2.75) is 50.7 Å². The van der Waals surface area contributed by atoms with Gasteiger partial charge in [0, 0.05) is 23.2 Å². The normalized spacial score (nSPS) is 18.1. The van der Waals surface area contributed by atoms with E-state index in [9.17, 15) is 8.42 Å². The molecule has 0 atom stereocenters. The highest BCUT2D eigenvalue weighted by molar-refractivity contribution is 7.90. The van der Waals surface area contributed by atoms with Gasteiger partial charge in [-0.15, -0.1) is 0 Å². The van der Waals surface area contributed by atoms with Gasteiger partial charge in [-0.25, -0.2) is 17.4 Å². The van der Waals surface area contributed by atoms with E-state index in [1.54, 1.807) is 42.7 Å². The summed E-state index contributed by atoms with van der Waals surface area (Å²) in [5.74, 6) is 0.214. The lowest BCUT2D eigenvalue weighted by Gasteiger charge is -2.32. The molecular formula is C21H25BN2O5S. The molecule has 7 nitrogen and oxygen atoms in total. The summed E-state index contributed by atoms with van der Waals surface area (Å²) >= 11 is 0. The minimum Gasteiger partial charge on any atom is -0.479 e. The van der Waals surface area contributed by atoms with Crippen LogP contribution in [0.25, 0.3) is 10.9 Å². The van der Waals surface area contributed by atoms with Crippen molar-refractivity contribution in [2.75, 3.05) is 7.11 Å². The van der Waals surface area contributed by atoms with Gasteiger partial charge in [-0.3, -0.25) is 0 Å². The molecular weight excluding hydrogens is 403 g/mol. The third kappa shape index (κ3) is 3.12. The largest absolute Gasteiger partial charge is 0.497 e. The fourth-order valence-corrected chi connectivity index (χ4v) is 4.84. The first kappa shape index (κ1) is 20.9. The summed E-state index contributed by atoms with van der Waals surface area (Å²) in [6.45, 7) is 9.73. The van der Waals surface area contributed by atoms with Gasteiger partial charge in [-0.1, -0.05) is 17.7 Å². The minimum absolute atomic E-state index is 0.177. The van der Waals surface area contributed by atoms with Gasteiger partial charge in [0.15, 0.2) is 0 Å². The number of aromatic nitrogens is 2. The third-order valence-electron chi connectivity index (χ3n) is 5.96. The van der Waals surface area contributed by atoms with Gasteiger partial charge in [-0.2, -0.15) is 0 Å².